The van der Waals surface area contributed by atoms with Crippen molar-refractivity contribution in [2.75, 3.05) is 32.8 Å². The van der Waals surface area contributed by atoms with Gasteiger partial charge in [0.25, 0.3) is 0 Å². The summed E-state index contributed by atoms with van der Waals surface area (Å²) in [4.78, 5) is 153. The Morgan fingerprint density at radius 2 is 1.02 bits per heavy atom. The maximum Gasteiger partial charge on any atom is 0.303 e. The second-order valence-corrected chi connectivity index (χ2v) is 19.5. The summed E-state index contributed by atoms with van der Waals surface area (Å²) in [5.41, 5.74) is 28.9. The molecule has 0 saturated carbocycles. The van der Waals surface area contributed by atoms with E-state index in [0.717, 1.165) is 0 Å². The van der Waals surface area contributed by atoms with E-state index in [1.807, 2.05) is 0 Å². The number of para-hydroxylation sites is 1. The van der Waals surface area contributed by atoms with E-state index in [9.17, 15) is 68.1 Å². The van der Waals surface area contributed by atoms with Gasteiger partial charge in [0.15, 0.2) is 5.96 Å². The van der Waals surface area contributed by atoms with Gasteiger partial charge in [0.05, 0.1) is 13.2 Å². The third-order valence-electron chi connectivity index (χ3n) is 13.0. The number of nitrogens with one attached hydrogen (secondary N) is 10. The minimum absolute atomic E-state index is 0.00452. The van der Waals surface area contributed by atoms with E-state index in [2.05, 4.69) is 57.8 Å². The lowest BCUT2D eigenvalue weighted by Gasteiger charge is -2.29. The molecule has 30 nitrogen and oxygen atoms in total. The van der Waals surface area contributed by atoms with Crippen molar-refractivity contribution in [1.29, 1.82) is 0 Å². The van der Waals surface area contributed by atoms with E-state index in [1.54, 1.807) is 44.3 Å². The van der Waals surface area contributed by atoms with Crippen LogP contribution in [0, 0.1) is 5.92 Å². The fraction of sp³-hybridized carbons (Fsp3) is 0.608. The van der Waals surface area contributed by atoms with Gasteiger partial charge in [-0.1, -0.05) is 38.5 Å². The molecule has 30 heteroatoms. The molecule has 1 aromatic heterocycles. The number of hydrogen-bond acceptors (Lipinski definition) is 16. The lowest BCUT2D eigenvalue weighted by Crippen LogP contribution is -2.61. The topological polar surface area (TPSA) is 515 Å². The van der Waals surface area contributed by atoms with E-state index < -0.39 is 145 Å². The first-order valence-electron chi connectivity index (χ1n) is 26.8. The molecule has 0 unspecified atom stereocenters. The van der Waals surface area contributed by atoms with Crippen LogP contribution in [0.15, 0.2) is 35.5 Å². The van der Waals surface area contributed by atoms with Crippen LogP contribution in [0.2, 0.25) is 0 Å². The summed E-state index contributed by atoms with van der Waals surface area (Å²) in [6.07, 6.45) is 2.23. The van der Waals surface area contributed by atoms with E-state index in [4.69, 9.17) is 28.7 Å². The SMILES string of the molecule is CC[C@H](C)[C@H](NC(=O)[C@H](CCC(=O)O)NC(=O)[C@H](C)NC(C)=O)C(=O)N[C@@H](CCCCN)C(=O)N[C@@H](CCCCN)C(=O)N[C@@H](CO)C(=O)N[C@@H](Cc1c[nH]c2ccccc12)C(=O)N[C@@H](CO)C(=O)N[C@@H](CCCN=C(N)N)C(N)=O. The van der Waals surface area contributed by atoms with Crippen LogP contribution in [-0.4, -0.2) is 179 Å². The Labute approximate surface area is 469 Å². The second kappa shape index (κ2) is 36.3. The highest BCUT2D eigenvalue weighted by atomic mass is 16.4. The minimum atomic E-state index is -1.77. The van der Waals surface area contributed by atoms with Crippen LogP contribution in [0.4, 0.5) is 0 Å². The summed E-state index contributed by atoms with van der Waals surface area (Å²) in [7, 11) is 0. The zero-order chi connectivity index (χ0) is 60.8. The molecule has 81 heavy (non-hydrogen) atoms. The summed E-state index contributed by atoms with van der Waals surface area (Å²) in [6.45, 7) is 4.41. The second-order valence-electron chi connectivity index (χ2n) is 19.5. The van der Waals surface area contributed by atoms with Gasteiger partial charge in [-0.25, -0.2) is 0 Å². The Morgan fingerprint density at radius 3 is 1.53 bits per heavy atom. The number of aromatic nitrogens is 1. The number of benzene rings is 1. The molecule has 2 rings (SSSR count). The van der Waals surface area contributed by atoms with Gasteiger partial charge in [0, 0.05) is 43.4 Å². The summed E-state index contributed by atoms with van der Waals surface area (Å²) in [5.74, 6) is -11.0. The molecule has 0 aliphatic carbocycles. The Hall–Kier alpha value is -7.96. The van der Waals surface area contributed by atoms with Crippen molar-refractivity contribution < 1.29 is 68.1 Å². The smallest absolute Gasteiger partial charge is 0.303 e. The van der Waals surface area contributed by atoms with Gasteiger partial charge in [-0.15, -0.1) is 0 Å². The van der Waals surface area contributed by atoms with Gasteiger partial charge < -0.3 is 96.8 Å². The molecule has 0 saturated heterocycles. The van der Waals surface area contributed by atoms with Crippen molar-refractivity contribution in [2.24, 2.45) is 39.6 Å². The monoisotopic (exact) mass is 1140 g/mol. The lowest BCUT2D eigenvalue weighted by molar-refractivity contribution is -0.139. The number of carboxylic acids is 1. The van der Waals surface area contributed by atoms with Crippen molar-refractivity contribution in [3.8, 4) is 0 Å². The molecule has 0 bridgehead atoms. The zero-order valence-electron chi connectivity index (χ0n) is 46.3. The number of rotatable bonds is 39. The average molecular weight is 1150 g/mol. The molecule has 0 spiro atoms. The van der Waals surface area contributed by atoms with Crippen molar-refractivity contribution in [1.82, 2.24) is 52.8 Å². The number of aliphatic hydroxyl groups excluding tert-OH is 2. The number of unbranched alkanes of at least 4 members (excludes halogenated alkanes) is 2. The van der Waals surface area contributed by atoms with Gasteiger partial charge in [-0.2, -0.15) is 0 Å². The molecule has 23 N–H and O–H groups in total. The molecule has 452 valence electrons. The van der Waals surface area contributed by atoms with Gasteiger partial charge in [-0.05, 0) is 95.3 Å². The molecular formula is C51H84N16O14. The first kappa shape index (κ1) is 69.1. The summed E-state index contributed by atoms with van der Waals surface area (Å²) in [6, 6.07) is -5.94. The molecule has 1 aromatic carbocycles. The quantitative estimate of drug-likeness (QED) is 0.0169. The highest BCUT2D eigenvalue weighted by Gasteiger charge is 2.36. The number of aliphatic hydroxyl groups is 2. The number of aliphatic carboxylic acids is 1. The lowest BCUT2D eigenvalue weighted by atomic mass is 9.96. The Balaban J connectivity index is 2.44. The number of primary amides is 1. The number of hydrogen-bond donors (Lipinski definition) is 18. The molecule has 10 amide bonds. The molecule has 0 aliphatic heterocycles. The van der Waals surface area contributed by atoms with Gasteiger partial charge in [-0.3, -0.25) is 57.7 Å². The third kappa shape index (κ3) is 24.5. The Kier molecular flexibility index (Phi) is 31.0. The number of H-pyrrole nitrogens is 1. The molecule has 2 aromatic rings. The number of carboxylic acid groups (broad SMARTS) is 1. The maximum absolute atomic E-state index is 14.3. The molecular weight excluding hydrogens is 1060 g/mol. The molecule has 1 heterocycles. The van der Waals surface area contributed by atoms with E-state index >= 15 is 0 Å². The van der Waals surface area contributed by atoms with Crippen molar-refractivity contribution in [3.05, 3.63) is 36.0 Å². The summed E-state index contributed by atoms with van der Waals surface area (Å²) < 4.78 is 0. The fourth-order valence-corrected chi connectivity index (χ4v) is 8.21. The number of fused-ring (bicyclic) bond motifs is 1. The highest BCUT2D eigenvalue weighted by molar-refractivity contribution is 5.99. The normalized spacial score (nSPS) is 14.8. The predicted octanol–water partition coefficient (Wildman–Crippen LogP) is -5.19. The first-order chi connectivity index (χ1) is 38.4. The molecule has 0 radical (unpaired) electrons. The fourth-order valence-electron chi connectivity index (χ4n) is 8.21. The van der Waals surface area contributed by atoms with Gasteiger partial charge in [0.2, 0.25) is 59.1 Å². The highest BCUT2D eigenvalue weighted by Crippen LogP contribution is 2.20. The third-order valence-corrected chi connectivity index (χ3v) is 13.0. The zero-order valence-corrected chi connectivity index (χ0v) is 46.3. The minimum Gasteiger partial charge on any atom is -0.481 e. The standard InChI is InChI=1S/C51H84N16O14/c1-5-27(2)41(67-46(77)36(18-19-40(71)72)61-43(74)28(3)59-29(4)70)50(81)63-35(16-9-11-21-53)44(75)62-34(15-8-10-20-52)45(76)65-39(26-69)49(80)64-37(23-30-24-58-32-14-7-6-13-31(30)32)47(78)66-38(25-68)48(79)60-33(42(54)73)17-12-22-57-51(55)56/h6-7,13-14,24,27-28,33-39,41,58,68-69H,5,8-12,15-23,25-26,52-53H2,1-4H3,(H2,54,73)(H,59,70)(H,60,79)(H,61,74)(H,62,75)(H,63,81)(H,64,80)(H,65,76)(H,66,78)(H,67,77)(H,71,72)(H4,55,56,57)/t27-,28-,33-,34-,35-,36-,37-,38-,39-,41-/m0/s1. The van der Waals surface area contributed by atoms with Crippen LogP contribution in [0.5, 0.6) is 0 Å². The Morgan fingerprint density at radius 1 is 0.568 bits per heavy atom. The van der Waals surface area contributed by atoms with Crippen molar-refractivity contribution >= 4 is 81.9 Å². The number of amides is 10. The number of nitrogens with zero attached hydrogens (tertiary/aromatic N) is 1. The van der Waals surface area contributed by atoms with Crippen LogP contribution in [0.3, 0.4) is 0 Å². The van der Waals surface area contributed by atoms with Crippen LogP contribution >= 0.6 is 0 Å². The van der Waals surface area contributed by atoms with Gasteiger partial charge >= 0.3 is 5.97 Å². The first-order valence-corrected chi connectivity index (χ1v) is 26.8. The largest absolute Gasteiger partial charge is 0.481 e. The van der Waals surface area contributed by atoms with Crippen LogP contribution in [0.1, 0.15) is 104 Å². The maximum atomic E-state index is 14.3. The summed E-state index contributed by atoms with van der Waals surface area (Å²) in [5, 5.41) is 53.2. The Bertz CT molecular complexity index is 2470. The number of aliphatic imine (C=N–C) groups is 1. The van der Waals surface area contributed by atoms with Crippen LogP contribution in [-0.2, 0) is 59.2 Å². The van der Waals surface area contributed by atoms with Crippen LogP contribution in [0.25, 0.3) is 10.9 Å². The number of carbonyl (C=O) groups excluding carboxylic acids is 10. The van der Waals surface area contributed by atoms with Crippen molar-refractivity contribution in [3.63, 3.8) is 0 Å². The summed E-state index contributed by atoms with van der Waals surface area (Å²) >= 11 is 0. The predicted molar refractivity (Wildman–Crippen MR) is 296 cm³/mol. The van der Waals surface area contributed by atoms with E-state index in [-0.39, 0.29) is 70.5 Å². The number of aromatic amines is 1. The number of nitrogens with two attached hydrogens (primary N) is 5. The van der Waals surface area contributed by atoms with E-state index in [1.165, 1.54) is 13.8 Å². The molecule has 0 aliphatic rings. The number of carbonyl (C=O) groups is 11. The van der Waals surface area contributed by atoms with Crippen molar-refractivity contribution in [2.45, 2.75) is 159 Å². The van der Waals surface area contributed by atoms with Gasteiger partial charge in [0.1, 0.15) is 54.4 Å². The van der Waals surface area contributed by atoms with Crippen LogP contribution < -0.4 is 76.5 Å². The average Bonchev–Trinajstić information content (AvgIpc) is 3.84. The van der Waals surface area contributed by atoms with E-state index in [0.29, 0.717) is 42.1 Å². The number of guanidine groups is 1. The molecule has 0 fully saturated rings. The molecule has 10 atom stereocenters.